The van der Waals surface area contributed by atoms with E-state index in [9.17, 15) is 8.42 Å². The van der Waals surface area contributed by atoms with Crippen LogP contribution in [0.1, 0.15) is 12.5 Å². The highest BCUT2D eigenvalue weighted by atomic mass is 79.9. The maximum absolute atomic E-state index is 11.4. The van der Waals surface area contributed by atoms with Crippen molar-refractivity contribution in [2.75, 3.05) is 25.7 Å². The fourth-order valence-corrected chi connectivity index (χ4v) is 3.32. The van der Waals surface area contributed by atoms with Gasteiger partial charge in [0.05, 0.1) is 12.9 Å². The molecule has 108 valence electrons. The van der Waals surface area contributed by atoms with E-state index in [-0.39, 0.29) is 11.8 Å². The second-order valence-corrected chi connectivity index (χ2v) is 7.55. The zero-order valence-corrected chi connectivity index (χ0v) is 13.8. The minimum atomic E-state index is -3.00. The molecule has 1 atom stereocenters. The topological polar surface area (TPSA) is 55.4 Å². The van der Waals surface area contributed by atoms with E-state index in [0.29, 0.717) is 6.42 Å². The second-order valence-electron chi connectivity index (χ2n) is 4.51. The lowest BCUT2D eigenvalue weighted by Crippen LogP contribution is -2.37. The lowest BCUT2D eigenvalue weighted by atomic mass is 10.1. The van der Waals surface area contributed by atoms with Crippen LogP contribution >= 0.6 is 15.9 Å². The Morgan fingerprint density at radius 2 is 2.11 bits per heavy atom. The Kier molecular flexibility index (Phi) is 6.29. The molecule has 1 aromatic carbocycles. The standard InChI is InChI=1S/C13H20BrNO3S/c1-4-15-11(9-19(3,16)17)7-10-8-12(18-2)5-6-13(10)14/h5-6,8,11,15H,4,7,9H2,1-3H3. The minimum Gasteiger partial charge on any atom is -0.497 e. The molecule has 0 saturated heterocycles. The van der Waals surface area contributed by atoms with E-state index in [1.54, 1.807) is 7.11 Å². The maximum atomic E-state index is 11.4. The van der Waals surface area contributed by atoms with Gasteiger partial charge in [-0.2, -0.15) is 0 Å². The quantitative estimate of drug-likeness (QED) is 0.818. The van der Waals surface area contributed by atoms with Gasteiger partial charge in [0.2, 0.25) is 0 Å². The molecule has 0 aromatic heterocycles. The molecule has 4 nitrogen and oxygen atoms in total. The first-order valence-corrected chi connectivity index (χ1v) is 8.94. The average molecular weight is 350 g/mol. The highest BCUT2D eigenvalue weighted by Gasteiger charge is 2.16. The fourth-order valence-electron chi connectivity index (χ4n) is 1.94. The van der Waals surface area contributed by atoms with Crippen molar-refractivity contribution in [1.29, 1.82) is 0 Å². The summed E-state index contributed by atoms with van der Waals surface area (Å²) in [6, 6.07) is 5.61. The Morgan fingerprint density at radius 1 is 1.42 bits per heavy atom. The van der Waals surface area contributed by atoms with E-state index in [2.05, 4.69) is 21.2 Å². The van der Waals surface area contributed by atoms with Crippen molar-refractivity contribution in [2.45, 2.75) is 19.4 Å². The smallest absolute Gasteiger partial charge is 0.148 e. The Bertz CT molecular complexity index is 517. The molecule has 0 heterocycles. The summed E-state index contributed by atoms with van der Waals surface area (Å²) in [5, 5.41) is 3.21. The molecule has 0 radical (unpaired) electrons. The van der Waals surface area contributed by atoms with Gasteiger partial charge in [-0.1, -0.05) is 22.9 Å². The molecule has 1 unspecified atom stereocenters. The van der Waals surface area contributed by atoms with E-state index in [1.165, 1.54) is 6.26 Å². The van der Waals surface area contributed by atoms with Crippen LogP contribution in [0.3, 0.4) is 0 Å². The average Bonchev–Trinajstić information content (AvgIpc) is 2.30. The van der Waals surface area contributed by atoms with Crippen LogP contribution in [0.25, 0.3) is 0 Å². The number of likely N-dealkylation sites (N-methyl/N-ethyl adjacent to an activating group) is 1. The molecule has 6 heteroatoms. The second kappa shape index (κ2) is 7.26. The van der Waals surface area contributed by atoms with Crippen LogP contribution in [0.2, 0.25) is 0 Å². The predicted molar refractivity (Wildman–Crippen MR) is 81.6 cm³/mol. The van der Waals surface area contributed by atoms with Gasteiger partial charge < -0.3 is 10.1 Å². The number of benzene rings is 1. The summed E-state index contributed by atoms with van der Waals surface area (Å²) in [5.74, 6) is 0.901. The molecule has 1 rings (SSSR count). The Labute approximate surface area is 123 Å². The van der Waals surface area contributed by atoms with E-state index >= 15 is 0 Å². The predicted octanol–water partition coefficient (Wildman–Crippen LogP) is 2.02. The van der Waals surface area contributed by atoms with Crippen molar-refractivity contribution in [1.82, 2.24) is 5.32 Å². The first-order valence-electron chi connectivity index (χ1n) is 6.09. The van der Waals surface area contributed by atoms with E-state index < -0.39 is 9.84 Å². The summed E-state index contributed by atoms with van der Waals surface area (Å²) >= 11 is 3.49. The van der Waals surface area contributed by atoms with E-state index in [4.69, 9.17) is 4.74 Å². The van der Waals surface area contributed by atoms with E-state index in [1.807, 2.05) is 25.1 Å². The Hall–Kier alpha value is -0.590. The lowest BCUT2D eigenvalue weighted by molar-refractivity contribution is 0.414. The number of methoxy groups -OCH3 is 1. The first-order chi connectivity index (χ1) is 8.85. The monoisotopic (exact) mass is 349 g/mol. The van der Waals surface area contributed by atoms with Crippen LogP contribution in [-0.2, 0) is 16.3 Å². The summed E-state index contributed by atoms with van der Waals surface area (Å²) in [5.41, 5.74) is 1.04. The summed E-state index contributed by atoms with van der Waals surface area (Å²) in [6.07, 6.45) is 1.90. The molecule has 0 aliphatic rings. The zero-order valence-electron chi connectivity index (χ0n) is 11.4. The number of hydrogen-bond acceptors (Lipinski definition) is 4. The highest BCUT2D eigenvalue weighted by molar-refractivity contribution is 9.10. The van der Waals surface area contributed by atoms with Gasteiger partial charge in [0.15, 0.2) is 0 Å². The molecule has 0 bridgehead atoms. The van der Waals surface area contributed by atoms with Gasteiger partial charge in [0.25, 0.3) is 0 Å². The van der Waals surface area contributed by atoms with E-state index in [0.717, 1.165) is 22.3 Å². The molecule has 1 aromatic rings. The Morgan fingerprint density at radius 3 is 2.63 bits per heavy atom. The number of sulfone groups is 1. The van der Waals surface area contributed by atoms with Gasteiger partial charge in [0, 0.05) is 16.8 Å². The molecule has 0 aliphatic carbocycles. The summed E-state index contributed by atoms with van der Waals surface area (Å²) < 4.78 is 29.0. The third-order valence-electron chi connectivity index (χ3n) is 2.72. The van der Waals surface area contributed by atoms with Crippen LogP contribution in [-0.4, -0.2) is 40.1 Å². The molecular weight excluding hydrogens is 330 g/mol. The molecule has 19 heavy (non-hydrogen) atoms. The number of rotatable bonds is 7. The number of hydrogen-bond donors (Lipinski definition) is 1. The molecule has 0 amide bonds. The number of ether oxygens (including phenoxy) is 1. The van der Waals surface area contributed by atoms with Crippen LogP contribution in [0.15, 0.2) is 22.7 Å². The minimum absolute atomic E-state index is 0.0941. The van der Waals surface area contributed by atoms with Crippen molar-refractivity contribution in [2.24, 2.45) is 0 Å². The summed E-state index contributed by atoms with van der Waals surface area (Å²) in [4.78, 5) is 0. The van der Waals surface area contributed by atoms with Crippen LogP contribution in [0, 0.1) is 0 Å². The number of halogens is 1. The highest BCUT2D eigenvalue weighted by Crippen LogP contribution is 2.23. The largest absolute Gasteiger partial charge is 0.497 e. The summed E-state index contributed by atoms with van der Waals surface area (Å²) in [6.45, 7) is 2.71. The van der Waals surface area contributed by atoms with Crippen molar-refractivity contribution in [3.8, 4) is 5.75 Å². The third-order valence-corrected chi connectivity index (χ3v) is 4.50. The van der Waals surface area contributed by atoms with Gasteiger partial charge in [-0.25, -0.2) is 8.42 Å². The fraction of sp³-hybridized carbons (Fsp3) is 0.538. The molecule has 0 spiro atoms. The normalized spacial score (nSPS) is 13.3. The van der Waals surface area contributed by atoms with Crippen LogP contribution in [0.5, 0.6) is 5.75 Å². The SMILES string of the molecule is CCNC(Cc1cc(OC)ccc1Br)CS(C)(=O)=O. The van der Waals surface area contributed by atoms with Crippen LogP contribution < -0.4 is 10.1 Å². The van der Waals surface area contributed by atoms with Gasteiger partial charge in [-0.15, -0.1) is 0 Å². The van der Waals surface area contributed by atoms with Crippen molar-refractivity contribution in [3.05, 3.63) is 28.2 Å². The molecular formula is C13H20BrNO3S. The van der Waals surface area contributed by atoms with Crippen molar-refractivity contribution >= 4 is 25.8 Å². The van der Waals surface area contributed by atoms with Gasteiger partial charge in [-0.05, 0) is 36.7 Å². The zero-order chi connectivity index (χ0) is 14.5. The van der Waals surface area contributed by atoms with Crippen molar-refractivity contribution < 1.29 is 13.2 Å². The molecule has 0 fully saturated rings. The van der Waals surface area contributed by atoms with Crippen LogP contribution in [0.4, 0.5) is 0 Å². The summed E-state index contributed by atoms with van der Waals surface area (Å²) in [7, 11) is -1.39. The van der Waals surface area contributed by atoms with Gasteiger partial charge in [-0.3, -0.25) is 0 Å². The van der Waals surface area contributed by atoms with Crippen molar-refractivity contribution in [3.63, 3.8) is 0 Å². The number of nitrogens with one attached hydrogen (secondary N) is 1. The Balaban J connectivity index is 2.89. The molecule has 0 aliphatic heterocycles. The van der Waals surface area contributed by atoms with Gasteiger partial charge >= 0.3 is 0 Å². The molecule has 0 saturated carbocycles. The third kappa shape index (κ3) is 5.93. The lowest BCUT2D eigenvalue weighted by Gasteiger charge is -2.18. The van der Waals surface area contributed by atoms with Gasteiger partial charge in [0.1, 0.15) is 15.6 Å². The molecule has 1 N–H and O–H groups in total. The maximum Gasteiger partial charge on any atom is 0.148 e. The first kappa shape index (κ1) is 16.5.